The number of anilines is 4. The van der Waals surface area contributed by atoms with E-state index < -0.39 is 0 Å². The molecule has 0 bridgehead atoms. The standard InChI is InChI=1S/C35H36N8O3/c1-4-32(44)38-26-15-27(31(45-3)16-29(26)42-18-21-11-13-41(2)30(21)20-42)39-35-37-17-24(34-36-12-14-46-34)33(40-35)25-19-43(22-9-10-22)28-8-6-5-7-23(25)28/h4-8,12,14-17,19,21-22,30H,1,9-11,13,18,20H2,2-3H3,(H,38,44)(H,37,39,40)/t21?,30-/m1/s1. The van der Waals surface area contributed by atoms with Crippen molar-refractivity contribution in [2.24, 2.45) is 5.92 Å². The van der Waals surface area contributed by atoms with Crippen molar-refractivity contribution in [2.45, 2.75) is 31.3 Å². The van der Waals surface area contributed by atoms with Crippen LogP contribution in [-0.4, -0.2) is 70.2 Å². The van der Waals surface area contributed by atoms with E-state index in [9.17, 15) is 4.79 Å². The molecule has 0 radical (unpaired) electrons. The summed E-state index contributed by atoms with van der Waals surface area (Å²) in [4.78, 5) is 31.5. The van der Waals surface area contributed by atoms with Crippen LogP contribution in [0, 0.1) is 5.92 Å². The molecule has 234 valence electrons. The number of hydrogen-bond donors (Lipinski definition) is 2. The molecule has 5 heterocycles. The van der Waals surface area contributed by atoms with Crippen molar-refractivity contribution < 1.29 is 13.9 Å². The van der Waals surface area contributed by atoms with Gasteiger partial charge in [0.15, 0.2) is 0 Å². The Morgan fingerprint density at radius 2 is 1.98 bits per heavy atom. The number of oxazole rings is 1. The highest BCUT2D eigenvalue weighted by Crippen LogP contribution is 2.44. The number of fused-ring (bicyclic) bond motifs is 2. The zero-order valence-electron chi connectivity index (χ0n) is 25.9. The average molecular weight is 617 g/mol. The van der Waals surface area contributed by atoms with E-state index in [0.717, 1.165) is 49.1 Å². The molecule has 46 heavy (non-hydrogen) atoms. The average Bonchev–Trinajstić information content (AvgIpc) is 3.41. The molecule has 2 aromatic carbocycles. The molecule has 1 amide bonds. The monoisotopic (exact) mass is 616 g/mol. The van der Waals surface area contributed by atoms with Crippen LogP contribution in [0.3, 0.4) is 0 Å². The maximum absolute atomic E-state index is 12.6. The summed E-state index contributed by atoms with van der Waals surface area (Å²) < 4.78 is 14.0. The highest BCUT2D eigenvalue weighted by Gasteiger charge is 2.40. The maximum Gasteiger partial charge on any atom is 0.247 e. The Hall–Kier alpha value is -5.16. The summed E-state index contributed by atoms with van der Waals surface area (Å²) in [5.41, 5.74) is 5.75. The van der Waals surface area contributed by atoms with Crippen LogP contribution in [0.4, 0.5) is 23.0 Å². The van der Waals surface area contributed by atoms with Crippen LogP contribution in [0.2, 0.25) is 0 Å². The number of nitrogens with zero attached hydrogens (tertiary/aromatic N) is 6. The predicted octanol–water partition coefficient (Wildman–Crippen LogP) is 6.11. The summed E-state index contributed by atoms with van der Waals surface area (Å²) in [6.07, 6.45) is 11.9. The quantitative estimate of drug-likeness (QED) is 0.190. The minimum Gasteiger partial charge on any atom is -0.494 e. The first-order valence-corrected chi connectivity index (χ1v) is 15.7. The maximum atomic E-state index is 12.6. The van der Waals surface area contributed by atoms with E-state index in [1.165, 1.54) is 18.0 Å². The lowest BCUT2D eigenvalue weighted by Gasteiger charge is -2.26. The summed E-state index contributed by atoms with van der Waals surface area (Å²) >= 11 is 0. The van der Waals surface area contributed by atoms with E-state index in [2.05, 4.69) is 73.0 Å². The van der Waals surface area contributed by atoms with Crippen molar-refractivity contribution >= 4 is 39.8 Å². The van der Waals surface area contributed by atoms with Gasteiger partial charge in [-0.25, -0.2) is 15.0 Å². The number of carbonyl (C=O) groups excluding carboxylic acids is 1. The van der Waals surface area contributed by atoms with Crippen molar-refractivity contribution in [1.29, 1.82) is 0 Å². The molecule has 1 aliphatic carbocycles. The van der Waals surface area contributed by atoms with E-state index in [1.54, 1.807) is 25.8 Å². The van der Waals surface area contributed by atoms with Gasteiger partial charge in [-0.2, -0.15) is 0 Å². The lowest BCUT2D eigenvalue weighted by Crippen LogP contribution is -2.32. The molecular formula is C35H36N8O3. The van der Waals surface area contributed by atoms with Crippen LogP contribution in [0.5, 0.6) is 5.75 Å². The Bertz CT molecular complexity index is 1950. The number of likely N-dealkylation sites (tertiary alicyclic amines) is 1. The fourth-order valence-corrected chi connectivity index (χ4v) is 7.08. The van der Waals surface area contributed by atoms with Crippen LogP contribution in [0.1, 0.15) is 25.3 Å². The molecule has 5 aromatic rings. The largest absolute Gasteiger partial charge is 0.494 e. The molecule has 8 rings (SSSR count). The second kappa shape index (κ2) is 11.3. The molecule has 0 spiro atoms. The van der Waals surface area contributed by atoms with E-state index in [4.69, 9.17) is 14.1 Å². The SMILES string of the molecule is C=CC(=O)Nc1cc(Nc2ncc(-c3ncco3)c(-c3cn(C4CC4)c4ccccc34)n2)c(OC)cc1N1CC2CCN(C)[C@@H]2C1. The number of nitrogens with one attached hydrogen (secondary N) is 2. The molecule has 2 aliphatic heterocycles. The Labute approximate surface area is 266 Å². The smallest absolute Gasteiger partial charge is 0.247 e. The Morgan fingerprint density at radius 1 is 1.11 bits per heavy atom. The Kier molecular flexibility index (Phi) is 6.97. The van der Waals surface area contributed by atoms with Gasteiger partial charge in [-0.1, -0.05) is 24.8 Å². The van der Waals surface area contributed by atoms with Crippen molar-refractivity contribution in [3.63, 3.8) is 0 Å². The first kappa shape index (κ1) is 28.3. The van der Waals surface area contributed by atoms with E-state index >= 15 is 0 Å². The van der Waals surface area contributed by atoms with Crippen molar-refractivity contribution in [3.05, 3.63) is 73.9 Å². The molecule has 3 aromatic heterocycles. The van der Waals surface area contributed by atoms with Gasteiger partial charge in [0.05, 0.1) is 41.6 Å². The van der Waals surface area contributed by atoms with Gasteiger partial charge in [0.1, 0.15) is 12.0 Å². The second-order valence-corrected chi connectivity index (χ2v) is 12.4. The summed E-state index contributed by atoms with van der Waals surface area (Å²) in [6, 6.07) is 13.2. The van der Waals surface area contributed by atoms with Crippen molar-refractivity contribution in [1.82, 2.24) is 24.4 Å². The number of rotatable bonds is 9. The van der Waals surface area contributed by atoms with Gasteiger partial charge >= 0.3 is 0 Å². The van der Waals surface area contributed by atoms with Crippen LogP contribution >= 0.6 is 0 Å². The molecule has 2 saturated heterocycles. The van der Waals surface area contributed by atoms with Crippen LogP contribution in [-0.2, 0) is 4.79 Å². The molecule has 11 nitrogen and oxygen atoms in total. The van der Waals surface area contributed by atoms with E-state index in [-0.39, 0.29) is 5.91 Å². The number of ether oxygens (including phenoxy) is 1. The predicted molar refractivity (Wildman–Crippen MR) is 179 cm³/mol. The van der Waals surface area contributed by atoms with Crippen LogP contribution in [0.25, 0.3) is 33.6 Å². The van der Waals surface area contributed by atoms with Crippen molar-refractivity contribution in [3.8, 4) is 28.5 Å². The van der Waals surface area contributed by atoms with E-state index in [1.807, 2.05) is 18.2 Å². The van der Waals surface area contributed by atoms with Gasteiger partial charge < -0.3 is 34.2 Å². The fraction of sp³-hybridized carbons (Fsp3) is 0.314. The highest BCUT2D eigenvalue weighted by molar-refractivity contribution is 6.02. The number of aromatic nitrogens is 4. The minimum absolute atomic E-state index is 0.283. The third-order valence-electron chi connectivity index (χ3n) is 9.56. The molecule has 1 unspecified atom stereocenters. The van der Waals surface area contributed by atoms with Crippen LogP contribution < -0.4 is 20.3 Å². The second-order valence-electron chi connectivity index (χ2n) is 12.4. The number of para-hydroxylation sites is 1. The number of hydrogen-bond acceptors (Lipinski definition) is 9. The van der Waals surface area contributed by atoms with Gasteiger partial charge in [-0.15, -0.1) is 0 Å². The lowest BCUT2D eigenvalue weighted by atomic mass is 10.1. The normalized spacial score (nSPS) is 19.4. The molecular weight excluding hydrogens is 580 g/mol. The summed E-state index contributed by atoms with van der Waals surface area (Å²) in [6.45, 7) is 6.59. The van der Waals surface area contributed by atoms with Gasteiger partial charge in [-0.05, 0) is 57.0 Å². The molecule has 1 saturated carbocycles. The third kappa shape index (κ3) is 4.96. The first-order chi connectivity index (χ1) is 22.5. The highest BCUT2D eigenvalue weighted by atomic mass is 16.5. The molecule has 3 fully saturated rings. The van der Waals surface area contributed by atoms with Gasteiger partial charge in [0.25, 0.3) is 0 Å². The summed E-state index contributed by atoms with van der Waals surface area (Å²) in [5.74, 6) is 1.75. The lowest BCUT2D eigenvalue weighted by molar-refractivity contribution is -0.111. The topological polar surface area (TPSA) is 114 Å². The number of benzene rings is 2. The Balaban J connectivity index is 1.20. The van der Waals surface area contributed by atoms with Gasteiger partial charge in [0, 0.05) is 60.1 Å². The number of amides is 1. The molecule has 2 N–H and O–H groups in total. The van der Waals surface area contributed by atoms with Gasteiger partial charge in [0.2, 0.25) is 17.7 Å². The minimum atomic E-state index is -0.283. The molecule has 11 heteroatoms. The summed E-state index contributed by atoms with van der Waals surface area (Å²) in [7, 11) is 3.83. The van der Waals surface area contributed by atoms with Crippen molar-refractivity contribution in [2.75, 3.05) is 49.3 Å². The van der Waals surface area contributed by atoms with Gasteiger partial charge in [-0.3, -0.25) is 4.79 Å². The molecule has 3 aliphatic rings. The zero-order valence-corrected chi connectivity index (χ0v) is 25.9. The Morgan fingerprint density at radius 3 is 2.74 bits per heavy atom. The molecule has 2 atom stereocenters. The fourth-order valence-electron chi connectivity index (χ4n) is 7.08. The van der Waals surface area contributed by atoms with E-state index in [0.29, 0.717) is 58.2 Å². The third-order valence-corrected chi connectivity index (χ3v) is 9.56. The summed E-state index contributed by atoms with van der Waals surface area (Å²) in [5, 5.41) is 7.51. The number of likely N-dealkylation sites (N-methyl/N-ethyl adjacent to an activating group) is 1. The number of methoxy groups -OCH3 is 1. The first-order valence-electron chi connectivity index (χ1n) is 15.7. The zero-order chi connectivity index (χ0) is 31.4. The number of carbonyl (C=O) groups is 1. The van der Waals surface area contributed by atoms with Crippen LogP contribution in [0.15, 0.2) is 78.3 Å².